The number of hydrogen-bond donors (Lipinski definition) is 1. The molecule has 1 fully saturated rings. The maximum absolute atomic E-state index is 11.2. The van der Waals surface area contributed by atoms with Gasteiger partial charge in [0.1, 0.15) is 0 Å². The average molecular weight is 315 g/mol. The van der Waals surface area contributed by atoms with Gasteiger partial charge in [-0.2, -0.15) is 0 Å². The van der Waals surface area contributed by atoms with Gasteiger partial charge in [0.2, 0.25) is 0 Å². The van der Waals surface area contributed by atoms with E-state index in [1.54, 1.807) is 12.1 Å². The molecule has 5 nitrogen and oxygen atoms in total. The number of aromatic nitrogens is 1. The largest absolute Gasteiger partial charge is 0.478 e. The van der Waals surface area contributed by atoms with Gasteiger partial charge in [-0.3, -0.25) is 4.90 Å². The quantitative estimate of drug-likeness (QED) is 0.942. The second-order valence-corrected chi connectivity index (χ2v) is 6.76. The molecule has 2 heterocycles. The molecule has 3 rings (SSSR count). The second kappa shape index (κ2) is 6.34. The minimum absolute atomic E-state index is 0.351. The Balaban J connectivity index is 1.95. The topological polar surface area (TPSA) is 48.7 Å². The molecule has 1 aromatic carbocycles. The molecule has 0 aliphatic carbocycles. The maximum Gasteiger partial charge on any atom is 0.335 e. The van der Waals surface area contributed by atoms with Crippen molar-refractivity contribution in [1.29, 1.82) is 0 Å². The van der Waals surface area contributed by atoms with E-state index in [0.717, 1.165) is 43.6 Å². The van der Waals surface area contributed by atoms with Crippen molar-refractivity contribution in [2.24, 2.45) is 0 Å². The normalized spacial score (nSPS) is 17.2. The van der Waals surface area contributed by atoms with Crippen molar-refractivity contribution in [3.63, 3.8) is 0 Å². The number of hydrogen-bond acceptors (Lipinski definition) is 3. The zero-order valence-electron chi connectivity index (χ0n) is 14.1. The van der Waals surface area contributed by atoms with Crippen molar-refractivity contribution < 1.29 is 9.90 Å². The highest BCUT2D eigenvalue weighted by Crippen LogP contribution is 2.26. The Kier molecular flexibility index (Phi) is 4.41. The van der Waals surface area contributed by atoms with Crippen LogP contribution in [0.15, 0.2) is 24.3 Å². The van der Waals surface area contributed by atoms with E-state index in [9.17, 15) is 9.90 Å². The lowest BCUT2D eigenvalue weighted by Crippen LogP contribution is -2.44. The van der Waals surface area contributed by atoms with Gasteiger partial charge in [0.25, 0.3) is 0 Å². The summed E-state index contributed by atoms with van der Waals surface area (Å²) in [5.41, 5.74) is 2.74. The zero-order valence-corrected chi connectivity index (χ0v) is 14.1. The number of carboxylic acids is 1. The van der Waals surface area contributed by atoms with E-state index in [0.29, 0.717) is 11.6 Å². The fourth-order valence-corrected chi connectivity index (χ4v) is 3.39. The lowest BCUT2D eigenvalue weighted by Gasteiger charge is -2.32. The lowest BCUT2D eigenvalue weighted by atomic mass is 10.1. The molecule has 5 heteroatoms. The van der Waals surface area contributed by atoms with Crippen molar-refractivity contribution in [2.45, 2.75) is 26.4 Å². The van der Waals surface area contributed by atoms with Crippen LogP contribution >= 0.6 is 0 Å². The van der Waals surface area contributed by atoms with Gasteiger partial charge < -0.3 is 14.6 Å². The Morgan fingerprint density at radius 2 is 1.87 bits per heavy atom. The number of piperazine rings is 1. The molecule has 0 bridgehead atoms. The number of likely N-dealkylation sites (N-methyl/N-ethyl adjacent to an activating group) is 1. The molecule has 1 saturated heterocycles. The number of aromatic carboxylic acids is 1. The Bertz CT molecular complexity index is 712. The van der Waals surface area contributed by atoms with E-state index in [1.165, 1.54) is 5.69 Å². The minimum atomic E-state index is -0.871. The summed E-state index contributed by atoms with van der Waals surface area (Å²) in [7, 11) is 2.16. The van der Waals surface area contributed by atoms with Crippen molar-refractivity contribution in [3.05, 3.63) is 35.5 Å². The van der Waals surface area contributed by atoms with Crippen molar-refractivity contribution >= 4 is 16.9 Å². The first kappa shape index (κ1) is 16.0. The number of benzene rings is 1. The second-order valence-electron chi connectivity index (χ2n) is 6.76. The first-order valence-electron chi connectivity index (χ1n) is 8.24. The van der Waals surface area contributed by atoms with E-state index >= 15 is 0 Å². The molecule has 0 saturated carbocycles. The van der Waals surface area contributed by atoms with Crippen molar-refractivity contribution in [3.8, 4) is 0 Å². The fourth-order valence-electron chi connectivity index (χ4n) is 3.39. The van der Waals surface area contributed by atoms with Gasteiger partial charge in [-0.05, 0) is 45.2 Å². The number of carboxylic acid groups (broad SMARTS) is 1. The van der Waals surface area contributed by atoms with Gasteiger partial charge in [0.15, 0.2) is 0 Å². The highest BCUT2D eigenvalue weighted by atomic mass is 16.4. The fraction of sp³-hybridized carbons (Fsp3) is 0.500. The van der Waals surface area contributed by atoms with Gasteiger partial charge in [0.05, 0.1) is 5.56 Å². The van der Waals surface area contributed by atoms with Gasteiger partial charge >= 0.3 is 5.97 Å². The van der Waals surface area contributed by atoms with E-state index < -0.39 is 5.97 Å². The molecule has 0 amide bonds. The monoisotopic (exact) mass is 315 g/mol. The summed E-state index contributed by atoms with van der Waals surface area (Å²) in [5.74, 6) is -0.871. The summed E-state index contributed by atoms with van der Waals surface area (Å²) in [5, 5.41) is 10.2. The summed E-state index contributed by atoms with van der Waals surface area (Å²) < 4.78 is 2.33. The van der Waals surface area contributed by atoms with E-state index in [2.05, 4.69) is 41.3 Å². The van der Waals surface area contributed by atoms with Gasteiger partial charge in [-0.25, -0.2) is 4.79 Å². The Hall–Kier alpha value is -1.85. The highest BCUT2D eigenvalue weighted by Gasteiger charge is 2.18. The number of rotatable bonds is 4. The van der Waals surface area contributed by atoms with Crippen LogP contribution in [0.3, 0.4) is 0 Å². The van der Waals surface area contributed by atoms with Crippen LogP contribution in [-0.2, 0) is 6.54 Å². The Morgan fingerprint density at radius 3 is 2.48 bits per heavy atom. The molecule has 0 spiro atoms. The van der Waals surface area contributed by atoms with Crippen LogP contribution in [0.5, 0.6) is 0 Å². The van der Waals surface area contributed by atoms with Gasteiger partial charge in [-0.1, -0.05) is 0 Å². The van der Waals surface area contributed by atoms with Crippen LogP contribution in [0.4, 0.5) is 0 Å². The smallest absolute Gasteiger partial charge is 0.335 e. The molecule has 0 atom stereocenters. The summed E-state index contributed by atoms with van der Waals surface area (Å²) in [4.78, 5) is 16.0. The summed E-state index contributed by atoms with van der Waals surface area (Å²) in [6.07, 6.45) is 0. The summed E-state index contributed by atoms with van der Waals surface area (Å²) in [6.45, 7) is 9.64. The molecule has 0 radical (unpaired) electrons. The van der Waals surface area contributed by atoms with Crippen LogP contribution in [0.2, 0.25) is 0 Å². The molecule has 1 aliphatic heterocycles. The first-order valence-corrected chi connectivity index (χ1v) is 8.24. The Labute approximate surface area is 137 Å². The molecule has 1 N–H and O–H groups in total. The summed E-state index contributed by atoms with van der Waals surface area (Å²) in [6, 6.07) is 7.92. The average Bonchev–Trinajstić information content (AvgIpc) is 2.86. The van der Waals surface area contributed by atoms with Crippen LogP contribution in [0.1, 0.15) is 35.9 Å². The number of fused-ring (bicyclic) bond motifs is 1. The van der Waals surface area contributed by atoms with Gasteiger partial charge in [-0.15, -0.1) is 0 Å². The van der Waals surface area contributed by atoms with E-state index in [-0.39, 0.29) is 0 Å². The zero-order chi connectivity index (χ0) is 16.6. The third kappa shape index (κ3) is 3.26. The van der Waals surface area contributed by atoms with Crippen LogP contribution in [-0.4, -0.2) is 58.7 Å². The van der Waals surface area contributed by atoms with Crippen molar-refractivity contribution in [1.82, 2.24) is 14.4 Å². The molecule has 124 valence electrons. The molecule has 1 aromatic heterocycles. The van der Waals surface area contributed by atoms with Gasteiger partial charge in [0, 0.05) is 55.4 Å². The number of carbonyl (C=O) groups is 1. The molecule has 0 unspecified atom stereocenters. The minimum Gasteiger partial charge on any atom is -0.478 e. The third-order valence-electron chi connectivity index (χ3n) is 4.66. The van der Waals surface area contributed by atoms with Crippen LogP contribution in [0.25, 0.3) is 10.9 Å². The molecule has 1 aliphatic rings. The molecule has 23 heavy (non-hydrogen) atoms. The van der Waals surface area contributed by atoms with E-state index in [4.69, 9.17) is 0 Å². The lowest BCUT2D eigenvalue weighted by molar-refractivity contribution is 0.0697. The van der Waals surface area contributed by atoms with E-state index in [1.807, 2.05) is 6.07 Å². The predicted molar refractivity (Wildman–Crippen MR) is 92.1 cm³/mol. The SMILES string of the molecule is CC(C)n1c(CN2CCN(C)CC2)cc2cc(C(=O)O)ccc21. The predicted octanol–water partition coefficient (Wildman–Crippen LogP) is 2.67. The molecular formula is C18H25N3O2. The van der Waals surface area contributed by atoms with Crippen molar-refractivity contribution in [2.75, 3.05) is 33.2 Å². The first-order chi connectivity index (χ1) is 11.0. The summed E-state index contributed by atoms with van der Waals surface area (Å²) >= 11 is 0. The maximum atomic E-state index is 11.2. The number of nitrogens with zero attached hydrogens (tertiary/aromatic N) is 3. The third-order valence-corrected chi connectivity index (χ3v) is 4.66. The van der Waals surface area contributed by atoms with Crippen LogP contribution < -0.4 is 0 Å². The van der Waals surface area contributed by atoms with Crippen LogP contribution in [0, 0.1) is 0 Å². The highest BCUT2D eigenvalue weighted by molar-refractivity contribution is 5.94. The standard InChI is InChI=1S/C18H25N3O2/c1-13(2)21-16(12-20-8-6-19(3)7-9-20)11-15-10-14(18(22)23)4-5-17(15)21/h4-5,10-11,13H,6-9,12H2,1-3H3,(H,22,23). The molecular weight excluding hydrogens is 290 g/mol. The Morgan fingerprint density at radius 1 is 1.17 bits per heavy atom. The molecule has 2 aromatic rings.